The van der Waals surface area contributed by atoms with E-state index in [-0.39, 0.29) is 12.0 Å². The summed E-state index contributed by atoms with van der Waals surface area (Å²) in [4.78, 5) is 15.5. The zero-order chi connectivity index (χ0) is 19.1. The van der Waals surface area contributed by atoms with Gasteiger partial charge in [-0.15, -0.1) is 11.3 Å². The summed E-state index contributed by atoms with van der Waals surface area (Å²) in [6.07, 6.45) is 0.864. The van der Waals surface area contributed by atoms with E-state index in [9.17, 15) is 4.79 Å². The van der Waals surface area contributed by atoms with Crippen LogP contribution in [0, 0.1) is 0 Å². The van der Waals surface area contributed by atoms with Crippen LogP contribution in [-0.2, 0) is 0 Å². The Labute approximate surface area is 164 Å². The number of carbonyl (C=O) groups is 1. The Morgan fingerprint density at radius 3 is 2.63 bits per heavy atom. The molecule has 140 valence electrons. The number of nitrogens with one attached hydrogen (secondary N) is 1. The van der Waals surface area contributed by atoms with Gasteiger partial charge in [0.25, 0.3) is 5.91 Å². The lowest BCUT2D eigenvalue weighted by Gasteiger charge is -2.21. The molecule has 0 bridgehead atoms. The largest absolute Gasteiger partial charge is 0.485 e. The highest BCUT2D eigenvalue weighted by molar-refractivity contribution is 7.10. The Balaban J connectivity index is 1.77. The summed E-state index contributed by atoms with van der Waals surface area (Å²) < 4.78 is 6.27. The fourth-order valence-corrected chi connectivity index (χ4v) is 3.62. The molecule has 1 amide bonds. The molecule has 0 saturated carbocycles. The van der Waals surface area contributed by atoms with Gasteiger partial charge in [0.1, 0.15) is 11.9 Å². The molecule has 2 aromatic carbocycles. The van der Waals surface area contributed by atoms with Crippen LogP contribution in [0.15, 0.2) is 72.1 Å². The number of nitrogens with zero attached hydrogens (tertiary/aromatic N) is 1. The molecule has 4 nitrogen and oxygen atoms in total. The third-order valence-corrected chi connectivity index (χ3v) is 5.29. The molecule has 0 spiro atoms. The van der Waals surface area contributed by atoms with E-state index >= 15 is 0 Å². The zero-order valence-electron chi connectivity index (χ0n) is 15.6. The molecule has 1 N–H and O–H groups in total. The minimum Gasteiger partial charge on any atom is -0.485 e. The van der Waals surface area contributed by atoms with Gasteiger partial charge < -0.3 is 15.0 Å². The summed E-state index contributed by atoms with van der Waals surface area (Å²) in [5.41, 5.74) is 1.47. The quantitative estimate of drug-likeness (QED) is 0.613. The monoisotopic (exact) mass is 380 g/mol. The van der Waals surface area contributed by atoms with E-state index in [2.05, 4.69) is 16.8 Å². The Hall–Kier alpha value is -2.63. The number of anilines is 1. The van der Waals surface area contributed by atoms with Gasteiger partial charge in [0.15, 0.2) is 0 Å². The van der Waals surface area contributed by atoms with Gasteiger partial charge >= 0.3 is 0 Å². The van der Waals surface area contributed by atoms with Crippen molar-refractivity contribution >= 4 is 22.9 Å². The highest BCUT2D eigenvalue weighted by atomic mass is 32.1. The van der Waals surface area contributed by atoms with Crippen molar-refractivity contribution in [2.75, 3.05) is 25.5 Å². The second-order valence-electron chi connectivity index (χ2n) is 6.24. The lowest BCUT2D eigenvalue weighted by Crippen LogP contribution is -2.26. The van der Waals surface area contributed by atoms with Crippen molar-refractivity contribution in [3.63, 3.8) is 0 Å². The molecule has 1 heterocycles. The third kappa shape index (κ3) is 4.96. The lowest BCUT2D eigenvalue weighted by atomic mass is 10.2. The van der Waals surface area contributed by atoms with Gasteiger partial charge in [0.2, 0.25) is 0 Å². The van der Waals surface area contributed by atoms with Gasteiger partial charge in [-0.2, -0.15) is 0 Å². The molecule has 0 aliphatic heterocycles. The predicted molar refractivity (Wildman–Crippen MR) is 112 cm³/mol. The van der Waals surface area contributed by atoms with Gasteiger partial charge in [-0.1, -0.05) is 30.3 Å². The van der Waals surface area contributed by atoms with Crippen molar-refractivity contribution in [2.24, 2.45) is 0 Å². The molecule has 0 fully saturated rings. The van der Waals surface area contributed by atoms with Crippen LogP contribution in [0.2, 0.25) is 0 Å². The Morgan fingerprint density at radius 1 is 1.11 bits per heavy atom. The predicted octanol–water partition coefficient (Wildman–Crippen LogP) is 4.75. The number of benzene rings is 2. The number of rotatable bonds is 8. The molecule has 5 heteroatoms. The standard InChI is InChI=1S/C22H24N2O2S/c1-23-14-13-20(21-12-7-15-27-21)26-19-11-6-10-18(16-19)24(2)22(25)17-8-4-3-5-9-17/h3-12,15-16,20,23H,13-14H2,1-2H3. The molecule has 3 rings (SSSR count). The first kappa shape index (κ1) is 19.1. The molecular formula is C22H24N2O2S. The maximum absolute atomic E-state index is 12.7. The molecule has 1 atom stereocenters. The maximum atomic E-state index is 12.7. The van der Waals surface area contributed by atoms with Crippen LogP contribution >= 0.6 is 11.3 Å². The van der Waals surface area contributed by atoms with Crippen LogP contribution in [0.25, 0.3) is 0 Å². The second kappa shape index (κ2) is 9.35. The van der Waals surface area contributed by atoms with Crippen molar-refractivity contribution < 1.29 is 9.53 Å². The fraction of sp³-hybridized carbons (Fsp3) is 0.227. The molecule has 0 saturated heterocycles. The summed E-state index contributed by atoms with van der Waals surface area (Å²) in [6.45, 7) is 0.870. The highest BCUT2D eigenvalue weighted by Gasteiger charge is 2.17. The Kier molecular flexibility index (Phi) is 6.63. The lowest BCUT2D eigenvalue weighted by molar-refractivity contribution is 0.0993. The fourth-order valence-electron chi connectivity index (χ4n) is 2.83. The molecule has 0 aliphatic rings. The number of thiophene rings is 1. The molecule has 1 aromatic heterocycles. The first-order valence-corrected chi connectivity index (χ1v) is 9.85. The minimum absolute atomic E-state index is 0.0113. The number of carbonyl (C=O) groups excluding carboxylic acids is 1. The second-order valence-corrected chi connectivity index (χ2v) is 7.22. The third-order valence-electron chi connectivity index (χ3n) is 4.33. The van der Waals surface area contributed by atoms with Crippen molar-refractivity contribution in [3.05, 3.63) is 82.6 Å². The number of hydrogen-bond donors (Lipinski definition) is 1. The molecule has 0 aliphatic carbocycles. The van der Waals surface area contributed by atoms with Crippen LogP contribution < -0.4 is 15.0 Å². The van der Waals surface area contributed by atoms with Crippen molar-refractivity contribution in [1.82, 2.24) is 5.32 Å². The van der Waals surface area contributed by atoms with E-state index in [1.54, 1.807) is 23.3 Å². The Bertz CT molecular complexity index is 850. The summed E-state index contributed by atoms with van der Waals surface area (Å²) >= 11 is 1.70. The van der Waals surface area contributed by atoms with Gasteiger partial charge in [-0.25, -0.2) is 0 Å². The number of ether oxygens (including phenoxy) is 1. The summed E-state index contributed by atoms with van der Waals surface area (Å²) in [5.74, 6) is 0.715. The van der Waals surface area contributed by atoms with E-state index in [1.807, 2.05) is 67.7 Å². The highest BCUT2D eigenvalue weighted by Crippen LogP contribution is 2.30. The van der Waals surface area contributed by atoms with E-state index in [0.717, 1.165) is 24.4 Å². The Morgan fingerprint density at radius 2 is 1.93 bits per heavy atom. The molecule has 3 aromatic rings. The van der Waals surface area contributed by atoms with Crippen molar-refractivity contribution in [1.29, 1.82) is 0 Å². The van der Waals surface area contributed by atoms with Crippen LogP contribution in [0.5, 0.6) is 5.75 Å². The van der Waals surface area contributed by atoms with Crippen LogP contribution in [-0.4, -0.2) is 26.5 Å². The molecule has 1 unspecified atom stereocenters. The van der Waals surface area contributed by atoms with Crippen LogP contribution in [0.4, 0.5) is 5.69 Å². The van der Waals surface area contributed by atoms with Gasteiger partial charge in [0.05, 0.1) is 0 Å². The smallest absolute Gasteiger partial charge is 0.258 e. The summed E-state index contributed by atoms with van der Waals surface area (Å²) in [7, 11) is 3.72. The van der Waals surface area contributed by atoms with E-state index < -0.39 is 0 Å². The molecule has 27 heavy (non-hydrogen) atoms. The van der Waals surface area contributed by atoms with E-state index in [1.165, 1.54) is 4.88 Å². The van der Waals surface area contributed by atoms with Crippen molar-refractivity contribution in [2.45, 2.75) is 12.5 Å². The topological polar surface area (TPSA) is 41.6 Å². The summed E-state index contributed by atoms with van der Waals surface area (Å²) in [5, 5.41) is 5.24. The molecular weight excluding hydrogens is 356 g/mol. The first-order chi connectivity index (χ1) is 13.2. The number of hydrogen-bond acceptors (Lipinski definition) is 4. The van der Waals surface area contributed by atoms with Crippen molar-refractivity contribution in [3.8, 4) is 5.75 Å². The summed E-state index contributed by atoms with van der Waals surface area (Å²) in [6, 6.07) is 21.1. The van der Waals surface area contributed by atoms with E-state index in [0.29, 0.717) is 5.56 Å². The van der Waals surface area contributed by atoms with Crippen LogP contribution in [0.3, 0.4) is 0 Å². The maximum Gasteiger partial charge on any atom is 0.258 e. The van der Waals surface area contributed by atoms with E-state index in [4.69, 9.17) is 4.74 Å². The van der Waals surface area contributed by atoms with Gasteiger partial charge in [0, 0.05) is 35.7 Å². The van der Waals surface area contributed by atoms with Gasteiger partial charge in [-0.05, 0) is 49.3 Å². The molecule has 0 radical (unpaired) electrons. The SMILES string of the molecule is CNCCC(Oc1cccc(N(C)C(=O)c2ccccc2)c1)c1cccs1. The normalized spacial score (nSPS) is 11.8. The van der Waals surface area contributed by atoms with Crippen LogP contribution in [0.1, 0.15) is 27.8 Å². The number of amides is 1. The van der Waals surface area contributed by atoms with Gasteiger partial charge in [-0.3, -0.25) is 4.79 Å². The zero-order valence-corrected chi connectivity index (χ0v) is 16.4. The average Bonchev–Trinajstić information content (AvgIpc) is 3.25. The minimum atomic E-state index is -0.0438. The first-order valence-electron chi connectivity index (χ1n) is 8.97. The average molecular weight is 381 g/mol.